The zero-order valence-electron chi connectivity index (χ0n) is 13.6. The minimum Gasteiger partial charge on any atom is -0.467 e. The number of amides is 1. The second-order valence-corrected chi connectivity index (χ2v) is 6.34. The van der Waals surface area contributed by atoms with Crippen molar-refractivity contribution in [2.75, 3.05) is 7.11 Å². The van der Waals surface area contributed by atoms with Gasteiger partial charge in [-0.25, -0.2) is 4.79 Å². The van der Waals surface area contributed by atoms with Gasteiger partial charge in [0, 0.05) is 10.9 Å². The zero-order chi connectivity index (χ0) is 19.3. The van der Waals surface area contributed by atoms with E-state index in [-0.39, 0.29) is 6.42 Å². The van der Waals surface area contributed by atoms with Crippen molar-refractivity contribution < 1.29 is 27.5 Å². The zero-order valence-corrected chi connectivity index (χ0v) is 15.2. The van der Waals surface area contributed by atoms with Crippen LogP contribution in [0.5, 0.6) is 0 Å². The molecule has 0 fully saturated rings. The summed E-state index contributed by atoms with van der Waals surface area (Å²) < 4.78 is 44.7. The maximum Gasteiger partial charge on any atom is 0.417 e. The maximum atomic E-state index is 13.1. The number of carbonyl (C=O) groups excluding carboxylic acids is 2. The molecule has 8 heteroatoms. The highest BCUT2D eigenvalue weighted by Crippen LogP contribution is 2.31. The summed E-state index contributed by atoms with van der Waals surface area (Å²) in [5.41, 5.74) is -0.900. The van der Waals surface area contributed by atoms with E-state index in [9.17, 15) is 22.8 Å². The average molecular weight is 430 g/mol. The summed E-state index contributed by atoms with van der Waals surface area (Å²) in [4.78, 5) is 24.3. The minimum absolute atomic E-state index is 0.0832. The largest absolute Gasteiger partial charge is 0.467 e. The van der Waals surface area contributed by atoms with Gasteiger partial charge >= 0.3 is 12.1 Å². The molecule has 0 bridgehead atoms. The predicted molar refractivity (Wildman–Crippen MR) is 92.6 cm³/mol. The van der Waals surface area contributed by atoms with E-state index in [0.717, 1.165) is 23.7 Å². The van der Waals surface area contributed by atoms with Crippen LogP contribution in [-0.4, -0.2) is 25.0 Å². The lowest BCUT2D eigenvalue weighted by Crippen LogP contribution is -2.43. The molecule has 26 heavy (non-hydrogen) atoms. The molecule has 0 saturated heterocycles. The van der Waals surface area contributed by atoms with E-state index in [0.29, 0.717) is 5.56 Å². The summed E-state index contributed by atoms with van der Waals surface area (Å²) in [6.45, 7) is 0. The summed E-state index contributed by atoms with van der Waals surface area (Å²) >= 11 is 3.28. The van der Waals surface area contributed by atoms with E-state index in [1.807, 2.05) is 0 Å². The van der Waals surface area contributed by atoms with Crippen LogP contribution in [0.15, 0.2) is 53.0 Å². The SMILES string of the molecule is COC(=O)[C@H](Cc1ccc(Br)cc1)NC(=O)c1ccccc1C(F)(F)F. The van der Waals surface area contributed by atoms with Crippen molar-refractivity contribution in [1.29, 1.82) is 0 Å². The van der Waals surface area contributed by atoms with Crippen molar-refractivity contribution in [3.05, 3.63) is 69.7 Å². The Labute approximate surface area is 156 Å². The van der Waals surface area contributed by atoms with E-state index in [4.69, 9.17) is 0 Å². The van der Waals surface area contributed by atoms with Gasteiger partial charge < -0.3 is 10.1 Å². The first kappa shape index (κ1) is 20.0. The van der Waals surface area contributed by atoms with E-state index in [1.54, 1.807) is 24.3 Å². The summed E-state index contributed by atoms with van der Waals surface area (Å²) in [7, 11) is 1.15. The van der Waals surface area contributed by atoms with Gasteiger partial charge in [0.2, 0.25) is 0 Å². The van der Waals surface area contributed by atoms with Crippen LogP contribution >= 0.6 is 15.9 Å². The van der Waals surface area contributed by atoms with Crippen LogP contribution in [0.1, 0.15) is 21.5 Å². The third-order valence-corrected chi connectivity index (χ3v) is 4.15. The smallest absolute Gasteiger partial charge is 0.417 e. The number of carbonyl (C=O) groups is 2. The Bertz CT molecular complexity index is 791. The molecule has 0 aliphatic rings. The Morgan fingerprint density at radius 3 is 2.31 bits per heavy atom. The highest BCUT2D eigenvalue weighted by Gasteiger charge is 2.35. The number of hydrogen-bond acceptors (Lipinski definition) is 3. The molecule has 0 radical (unpaired) electrons. The van der Waals surface area contributed by atoms with Crippen LogP contribution in [0.2, 0.25) is 0 Å². The number of benzene rings is 2. The molecule has 0 aliphatic carbocycles. The highest BCUT2D eigenvalue weighted by molar-refractivity contribution is 9.10. The highest BCUT2D eigenvalue weighted by atomic mass is 79.9. The van der Waals surface area contributed by atoms with Gasteiger partial charge in [0.25, 0.3) is 5.91 Å². The third-order valence-electron chi connectivity index (χ3n) is 3.62. The number of nitrogens with one attached hydrogen (secondary N) is 1. The standard InChI is InChI=1S/C18H15BrF3NO3/c1-26-17(25)15(10-11-6-8-12(19)9-7-11)23-16(24)13-4-2-3-5-14(13)18(20,21)22/h2-9,15H,10H2,1H3,(H,23,24)/t15-/m0/s1. The lowest BCUT2D eigenvalue weighted by Gasteiger charge is -2.18. The molecule has 0 saturated carbocycles. The van der Waals surface area contributed by atoms with Crippen molar-refractivity contribution in [1.82, 2.24) is 5.32 Å². The predicted octanol–water partition coefficient (Wildman–Crippen LogP) is 3.98. The van der Waals surface area contributed by atoms with Crippen LogP contribution < -0.4 is 5.32 Å². The lowest BCUT2D eigenvalue weighted by atomic mass is 10.0. The van der Waals surface area contributed by atoms with Gasteiger partial charge in [0.05, 0.1) is 18.2 Å². The molecule has 1 atom stereocenters. The first-order chi connectivity index (χ1) is 12.2. The van der Waals surface area contributed by atoms with Crippen LogP contribution in [0.25, 0.3) is 0 Å². The molecule has 0 aromatic heterocycles. The summed E-state index contributed by atoms with van der Waals surface area (Å²) in [6.07, 6.45) is -4.60. The van der Waals surface area contributed by atoms with E-state index in [2.05, 4.69) is 26.0 Å². The second kappa shape index (κ2) is 8.35. The normalized spacial score (nSPS) is 12.3. The molecule has 1 N–H and O–H groups in total. The Morgan fingerprint density at radius 1 is 1.12 bits per heavy atom. The molecule has 0 spiro atoms. The van der Waals surface area contributed by atoms with Crippen molar-refractivity contribution in [3.63, 3.8) is 0 Å². The van der Waals surface area contributed by atoms with Crippen molar-refractivity contribution in [2.24, 2.45) is 0 Å². The first-order valence-corrected chi connectivity index (χ1v) is 8.31. The number of rotatable bonds is 5. The van der Waals surface area contributed by atoms with E-state index < -0.39 is 35.2 Å². The van der Waals surface area contributed by atoms with Crippen molar-refractivity contribution in [2.45, 2.75) is 18.6 Å². The first-order valence-electron chi connectivity index (χ1n) is 7.51. The molecule has 4 nitrogen and oxygen atoms in total. The minimum atomic E-state index is -4.68. The number of methoxy groups -OCH3 is 1. The number of hydrogen-bond donors (Lipinski definition) is 1. The second-order valence-electron chi connectivity index (χ2n) is 5.42. The Morgan fingerprint density at radius 2 is 1.73 bits per heavy atom. The Kier molecular flexibility index (Phi) is 6.42. The molecule has 0 aliphatic heterocycles. The number of halogens is 4. The summed E-state index contributed by atoms with van der Waals surface area (Å²) in [5, 5.41) is 2.33. The molecule has 1 amide bonds. The lowest BCUT2D eigenvalue weighted by molar-refractivity contribution is -0.142. The maximum absolute atomic E-state index is 13.1. The van der Waals surface area contributed by atoms with Crippen molar-refractivity contribution >= 4 is 27.8 Å². The van der Waals surface area contributed by atoms with Crippen LogP contribution in [-0.2, 0) is 22.1 Å². The van der Waals surface area contributed by atoms with Gasteiger partial charge in [-0.1, -0.05) is 40.2 Å². The molecule has 0 unspecified atom stereocenters. The molecule has 138 valence electrons. The summed E-state index contributed by atoms with van der Waals surface area (Å²) in [5.74, 6) is -1.74. The van der Waals surface area contributed by atoms with Crippen LogP contribution in [0.4, 0.5) is 13.2 Å². The molecular formula is C18H15BrF3NO3. The van der Waals surface area contributed by atoms with Gasteiger partial charge in [-0.2, -0.15) is 13.2 Å². The quantitative estimate of drug-likeness (QED) is 0.731. The molecule has 2 aromatic carbocycles. The van der Waals surface area contributed by atoms with Gasteiger partial charge in [-0.05, 0) is 29.8 Å². The number of ether oxygens (including phenoxy) is 1. The van der Waals surface area contributed by atoms with Gasteiger partial charge in [-0.15, -0.1) is 0 Å². The topological polar surface area (TPSA) is 55.4 Å². The van der Waals surface area contributed by atoms with E-state index in [1.165, 1.54) is 12.1 Å². The van der Waals surface area contributed by atoms with Gasteiger partial charge in [-0.3, -0.25) is 4.79 Å². The van der Waals surface area contributed by atoms with Crippen molar-refractivity contribution in [3.8, 4) is 0 Å². The molecular weight excluding hydrogens is 415 g/mol. The Balaban J connectivity index is 2.25. The molecule has 0 heterocycles. The fourth-order valence-electron chi connectivity index (χ4n) is 2.36. The Hall–Kier alpha value is -2.35. The van der Waals surface area contributed by atoms with Gasteiger partial charge in [0.1, 0.15) is 6.04 Å². The third kappa shape index (κ3) is 5.08. The summed E-state index contributed by atoms with van der Waals surface area (Å²) in [6, 6.07) is 10.3. The molecule has 2 aromatic rings. The van der Waals surface area contributed by atoms with Gasteiger partial charge in [0.15, 0.2) is 0 Å². The fraction of sp³-hybridized carbons (Fsp3) is 0.222. The average Bonchev–Trinajstić information content (AvgIpc) is 2.61. The van der Waals surface area contributed by atoms with E-state index >= 15 is 0 Å². The number of esters is 1. The number of alkyl halides is 3. The molecule has 2 rings (SSSR count). The monoisotopic (exact) mass is 429 g/mol. The van der Waals surface area contributed by atoms with Crippen LogP contribution in [0.3, 0.4) is 0 Å². The van der Waals surface area contributed by atoms with Crippen LogP contribution in [0, 0.1) is 0 Å². The fourth-order valence-corrected chi connectivity index (χ4v) is 2.62.